The number of rotatable bonds is 5. The van der Waals surface area contributed by atoms with E-state index in [0.717, 1.165) is 23.4 Å². The van der Waals surface area contributed by atoms with E-state index in [0.29, 0.717) is 16.3 Å². The second-order valence-corrected chi connectivity index (χ2v) is 6.16. The zero-order valence-electron chi connectivity index (χ0n) is 13.2. The lowest BCUT2D eigenvalue weighted by molar-refractivity contribution is 0.414. The lowest BCUT2D eigenvalue weighted by atomic mass is 10.2. The summed E-state index contributed by atoms with van der Waals surface area (Å²) in [6.07, 6.45) is 1.02. The first kappa shape index (κ1) is 15.6. The zero-order valence-corrected chi connectivity index (χ0v) is 14.0. The van der Waals surface area contributed by atoms with E-state index < -0.39 is 0 Å². The molecule has 0 spiro atoms. The number of fused-ring (bicyclic) bond motifs is 1. The van der Waals surface area contributed by atoms with E-state index in [-0.39, 0.29) is 5.56 Å². The number of aromatic nitrogens is 2. The molecule has 3 aromatic rings. The Labute approximate surface area is 139 Å². The third-order valence-corrected chi connectivity index (χ3v) is 4.64. The minimum absolute atomic E-state index is 0.0533. The van der Waals surface area contributed by atoms with Crippen molar-refractivity contribution < 1.29 is 4.74 Å². The smallest absolute Gasteiger partial charge is 0.266 e. The molecule has 2 aromatic carbocycles. The first-order chi connectivity index (χ1) is 11.2. The van der Waals surface area contributed by atoms with Gasteiger partial charge in [-0.2, -0.15) is 0 Å². The number of methoxy groups -OCH3 is 1. The maximum Gasteiger partial charge on any atom is 0.266 e. The van der Waals surface area contributed by atoms with E-state index in [1.807, 2.05) is 48.5 Å². The molecule has 4 nitrogen and oxygen atoms in total. The number of para-hydroxylation sites is 1. The maximum absolute atomic E-state index is 13.0. The van der Waals surface area contributed by atoms with Crippen molar-refractivity contribution in [2.45, 2.75) is 18.5 Å². The van der Waals surface area contributed by atoms with Gasteiger partial charge in [0.1, 0.15) is 5.75 Å². The number of thioether (sulfide) groups is 1. The summed E-state index contributed by atoms with van der Waals surface area (Å²) in [5, 5.41) is 1.33. The fourth-order valence-corrected chi connectivity index (χ4v) is 3.25. The number of hydrogen-bond donors (Lipinski definition) is 0. The summed E-state index contributed by atoms with van der Waals surface area (Å²) in [5.74, 6) is 1.63. The average Bonchev–Trinajstić information content (AvgIpc) is 2.60. The molecule has 0 bridgehead atoms. The fourth-order valence-electron chi connectivity index (χ4n) is 2.38. The number of ether oxygens (including phenoxy) is 1. The van der Waals surface area contributed by atoms with Crippen LogP contribution in [0.5, 0.6) is 5.75 Å². The van der Waals surface area contributed by atoms with Gasteiger partial charge in [-0.3, -0.25) is 9.36 Å². The van der Waals surface area contributed by atoms with Crippen LogP contribution in [0.25, 0.3) is 16.6 Å². The van der Waals surface area contributed by atoms with Crippen LogP contribution in [0.1, 0.15) is 13.3 Å². The Morgan fingerprint density at radius 3 is 2.78 bits per heavy atom. The Balaban J connectivity index is 2.27. The molecule has 0 unspecified atom stereocenters. The number of benzene rings is 2. The van der Waals surface area contributed by atoms with Gasteiger partial charge in [-0.1, -0.05) is 36.9 Å². The molecule has 0 amide bonds. The molecular formula is C18H18N2O2S. The highest BCUT2D eigenvalue weighted by molar-refractivity contribution is 7.99. The second-order valence-electron chi connectivity index (χ2n) is 5.10. The van der Waals surface area contributed by atoms with E-state index in [1.165, 1.54) is 0 Å². The van der Waals surface area contributed by atoms with Crippen molar-refractivity contribution in [1.29, 1.82) is 0 Å². The summed E-state index contributed by atoms with van der Waals surface area (Å²) in [5.41, 5.74) is 1.45. The quantitative estimate of drug-likeness (QED) is 0.527. The van der Waals surface area contributed by atoms with Gasteiger partial charge in [-0.25, -0.2) is 4.98 Å². The van der Waals surface area contributed by atoms with Crippen LogP contribution in [0.4, 0.5) is 0 Å². The molecule has 1 heterocycles. The molecule has 0 aliphatic heterocycles. The molecule has 3 rings (SSSR count). The zero-order chi connectivity index (χ0) is 16.2. The van der Waals surface area contributed by atoms with Gasteiger partial charge in [0.25, 0.3) is 5.56 Å². The summed E-state index contributed by atoms with van der Waals surface area (Å²) < 4.78 is 6.95. The second kappa shape index (κ2) is 6.87. The van der Waals surface area contributed by atoms with E-state index in [1.54, 1.807) is 23.4 Å². The van der Waals surface area contributed by atoms with Gasteiger partial charge in [0.15, 0.2) is 5.16 Å². The van der Waals surface area contributed by atoms with Gasteiger partial charge in [0, 0.05) is 11.8 Å². The van der Waals surface area contributed by atoms with Crippen LogP contribution in [0.15, 0.2) is 58.5 Å². The topological polar surface area (TPSA) is 44.1 Å². The molecule has 0 saturated heterocycles. The van der Waals surface area contributed by atoms with Crippen molar-refractivity contribution in [3.8, 4) is 11.4 Å². The first-order valence-electron chi connectivity index (χ1n) is 7.53. The normalized spacial score (nSPS) is 10.9. The van der Waals surface area contributed by atoms with Crippen molar-refractivity contribution in [2.24, 2.45) is 0 Å². The largest absolute Gasteiger partial charge is 0.497 e. The average molecular weight is 326 g/mol. The molecule has 0 aliphatic rings. The summed E-state index contributed by atoms with van der Waals surface area (Å²) in [6.45, 7) is 2.11. The lowest BCUT2D eigenvalue weighted by Crippen LogP contribution is -2.21. The third-order valence-electron chi connectivity index (χ3n) is 3.49. The van der Waals surface area contributed by atoms with E-state index in [4.69, 9.17) is 9.72 Å². The first-order valence-corrected chi connectivity index (χ1v) is 8.52. The minimum atomic E-state index is -0.0533. The van der Waals surface area contributed by atoms with Gasteiger partial charge >= 0.3 is 0 Å². The molecule has 0 N–H and O–H groups in total. The minimum Gasteiger partial charge on any atom is -0.497 e. The molecule has 5 heteroatoms. The molecule has 118 valence electrons. The van der Waals surface area contributed by atoms with Crippen LogP contribution in [0, 0.1) is 0 Å². The van der Waals surface area contributed by atoms with E-state index in [9.17, 15) is 4.79 Å². The maximum atomic E-state index is 13.0. The van der Waals surface area contributed by atoms with E-state index >= 15 is 0 Å². The summed E-state index contributed by atoms with van der Waals surface area (Å²) in [4.78, 5) is 17.7. The van der Waals surface area contributed by atoms with Crippen LogP contribution in [0.3, 0.4) is 0 Å². The Kier molecular flexibility index (Phi) is 4.67. The highest BCUT2D eigenvalue weighted by atomic mass is 32.2. The molecule has 0 radical (unpaired) electrons. The molecule has 0 atom stereocenters. The van der Waals surface area contributed by atoms with Crippen molar-refractivity contribution in [1.82, 2.24) is 9.55 Å². The molecule has 0 aliphatic carbocycles. The van der Waals surface area contributed by atoms with Crippen LogP contribution in [-0.4, -0.2) is 22.4 Å². The monoisotopic (exact) mass is 326 g/mol. The summed E-state index contributed by atoms with van der Waals surface area (Å²) in [6, 6.07) is 15.0. The number of hydrogen-bond acceptors (Lipinski definition) is 4. The highest BCUT2D eigenvalue weighted by Gasteiger charge is 2.13. The third kappa shape index (κ3) is 3.10. The molecule has 0 saturated carbocycles. The van der Waals surface area contributed by atoms with Crippen molar-refractivity contribution in [2.75, 3.05) is 12.9 Å². The van der Waals surface area contributed by atoms with E-state index in [2.05, 4.69) is 6.92 Å². The van der Waals surface area contributed by atoms with Crippen LogP contribution in [-0.2, 0) is 0 Å². The Hall–Kier alpha value is -2.27. The van der Waals surface area contributed by atoms with Gasteiger partial charge in [0.05, 0.1) is 23.7 Å². The molecule has 1 aromatic heterocycles. The summed E-state index contributed by atoms with van der Waals surface area (Å²) in [7, 11) is 1.62. The van der Waals surface area contributed by atoms with Crippen LogP contribution < -0.4 is 10.3 Å². The van der Waals surface area contributed by atoms with Gasteiger partial charge < -0.3 is 4.74 Å². The van der Waals surface area contributed by atoms with Crippen molar-refractivity contribution in [3.05, 3.63) is 58.9 Å². The van der Waals surface area contributed by atoms with Crippen LogP contribution in [0.2, 0.25) is 0 Å². The van der Waals surface area contributed by atoms with Gasteiger partial charge in [0.2, 0.25) is 0 Å². The van der Waals surface area contributed by atoms with Gasteiger partial charge in [-0.15, -0.1) is 0 Å². The van der Waals surface area contributed by atoms with Gasteiger partial charge in [-0.05, 0) is 30.7 Å². The fraction of sp³-hybridized carbons (Fsp3) is 0.222. The molecule has 0 fully saturated rings. The predicted molar refractivity (Wildman–Crippen MR) is 94.9 cm³/mol. The Morgan fingerprint density at radius 1 is 1.17 bits per heavy atom. The standard InChI is InChI=1S/C18H18N2O2S/c1-3-11-23-18-19-16-10-5-4-9-15(16)17(21)20(18)13-7-6-8-14(12-13)22-2/h4-10,12H,3,11H2,1-2H3. The molecule has 23 heavy (non-hydrogen) atoms. The predicted octanol–water partition coefficient (Wildman–Crippen LogP) is 3.90. The van der Waals surface area contributed by atoms with Crippen molar-refractivity contribution in [3.63, 3.8) is 0 Å². The Morgan fingerprint density at radius 2 is 2.00 bits per heavy atom. The number of nitrogens with zero attached hydrogens (tertiary/aromatic N) is 2. The van der Waals surface area contributed by atoms with Crippen LogP contribution >= 0.6 is 11.8 Å². The summed E-state index contributed by atoms with van der Waals surface area (Å²) >= 11 is 1.60. The van der Waals surface area contributed by atoms with Crippen molar-refractivity contribution >= 4 is 22.7 Å². The Bertz CT molecular complexity index is 890. The molecular weight excluding hydrogens is 308 g/mol. The highest BCUT2D eigenvalue weighted by Crippen LogP contribution is 2.23. The lowest BCUT2D eigenvalue weighted by Gasteiger charge is -2.13. The SMILES string of the molecule is CCCSc1nc2ccccc2c(=O)n1-c1cccc(OC)c1.